The van der Waals surface area contributed by atoms with Gasteiger partial charge in [0.2, 0.25) is 0 Å². The van der Waals surface area contributed by atoms with Crippen LogP contribution < -0.4 is 15.4 Å². The molecule has 1 aromatic heterocycles. The van der Waals surface area contributed by atoms with E-state index in [1.165, 1.54) is 0 Å². The van der Waals surface area contributed by atoms with E-state index in [0.29, 0.717) is 5.69 Å². The molecule has 92 valence electrons. The van der Waals surface area contributed by atoms with E-state index in [9.17, 15) is 0 Å². The summed E-state index contributed by atoms with van der Waals surface area (Å²) in [5.41, 5.74) is 7.42. The molecule has 4 heteroatoms. The number of pyridine rings is 1. The van der Waals surface area contributed by atoms with Crippen LogP contribution >= 0.6 is 0 Å². The van der Waals surface area contributed by atoms with Crippen LogP contribution in [0.15, 0.2) is 42.6 Å². The van der Waals surface area contributed by atoms with Crippen LogP contribution in [-0.4, -0.2) is 18.1 Å². The van der Waals surface area contributed by atoms with E-state index in [0.717, 1.165) is 36.8 Å². The van der Waals surface area contributed by atoms with Gasteiger partial charge in [0.1, 0.15) is 11.6 Å². The smallest absolute Gasteiger partial charge is 0.142 e. The molecule has 0 bridgehead atoms. The molecule has 4 nitrogen and oxygen atoms in total. The molecule has 2 aromatic rings. The Morgan fingerprint density at radius 1 is 1.17 bits per heavy atom. The minimum Gasteiger partial charge on any atom is -0.491 e. The molecule has 3 rings (SSSR count). The van der Waals surface area contributed by atoms with Gasteiger partial charge in [-0.1, -0.05) is 12.1 Å². The van der Waals surface area contributed by atoms with Gasteiger partial charge in [0.25, 0.3) is 0 Å². The molecule has 1 aliphatic rings. The van der Waals surface area contributed by atoms with Crippen molar-refractivity contribution in [2.24, 2.45) is 0 Å². The monoisotopic (exact) mass is 241 g/mol. The van der Waals surface area contributed by atoms with E-state index in [1.807, 2.05) is 30.3 Å². The molecule has 1 aromatic carbocycles. The predicted molar refractivity (Wildman–Crippen MR) is 72.2 cm³/mol. The van der Waals surface area contributed by atoms with Crippen LogP contribution in [0.3, 0.4) is 0 Å². The summed E-state index contributed by atoms with van der Waals surface area (Å²) in [5.74, 6) is 1.82. The Bertz CT molecular complexity index is 539. The largest absolute Gasteiger partial charge is 0.491 e. The highest BCUT2D eigenvalue weighted by molar-refractivity contribution is 5.68. The summed E-state index contributed by atoms with van der Waals surface area (Å²) in [6, 6.07) is 11.9. The Morgan fingerprint density at radius 3 is 2.89 bits per heavy atom. The Morgan fingerprint density at radius 2 is 2.06 bits per heavy atom. The van der Waals surface area contributed by atoms with Gasteiger partial charge in [0, 0.05) is 6.54 Å². The third kappa shape index (κ3) is 1.97. The van der Waals surface area contributed by atoms with Gasteiger partial charge in [-0.25, -0.2) is 4.98 Å². The number of rotatable bonds is 1. The van der Waals surface area contributed by atoms with Crippen molar-refractivity contribution in [2.75, 3.05) is 23.8 Å². The molecule has 0 radical (unpaired) electrons. The quantitative estimate of drug-likeness (QED) is 0.833. The molecule has 0 saturated heterocycles. The average molecular weight is 241 g/mol. The van der Waals surface area contributed by atoms with Crippen LogP contribution in [0.25, 0.3) is 0 Å². The summed E-state index contributed by atoms with van der Waals surface area (Å²) < 4.78 is 5.73. The standard InChI is InChI=1S/C14H15N3O/c15-11-6-7-14(16-10-11)17-8-3-9-18-13-5-2-1-4-12(13)17/h1-2,4-7,10H,3,8-9,15H2. The third-order valence-electron chi connectivity index (χ3n) is 2.99. The first kappa shape index (κ1) is 10.9. The number of fused-ring (bicyclic) bond motifs is 1. The van der Waals surface area contributed by atoms with Crippen molar-refractivity contribution in [3.63, 3.8) is 0 Å². The highest BCUT2D eigenvalue weighted by Crippen LogP contribution is 2.34. The summed E-state index contributed by atoms with van der Waals surface area (Å²) in [7, 11) is 0. The van der Waals surface area contributed by atoms with Crippen LogP contribution in [-0.2, 0) is 0 Å². The fourth-order valence-corrected chi connectivity index (χ4v) is 2.12. The first-order chi connectivity index (χ1) is 8.84. The lowest BCUT2D eigenvalue weighted by Crippen LogP contribution is -2.18. The van der Waals surface area contributed by atoms with Crippen LogP contribution in [0.5, 0.6) is 5.75 Å². The molecule has 18 heavy (non-hydrogen) atoms. The van der Waals surface area contributed by atoms with E-state index in [1.54, 1.807) is 6.20 Å². The number of hydrogen-bond donors (Lipinski definition) is 1. The Kier molecular flexibility index (Phi) is 2.76. The lowest BCUT2D eigenvalue weighted by atomic mass is 10.2. The minimum atomic E-state index is 0.679. The van der Waals surface area contributed by atoms with Crippen molar-refractivity contribution in [1.29, 1.82) is 0 Å². The molecule has 0 atom stereocenters. The average Bonchev–Trinajstić information content (AvgIpc) is 2.62. The number of anilines is 3. The number of ether oxygens (including phenoxy) is 1. The number of nitrogens with zero attached hydrogens (tertiary/aromatic N) is 2. The zero-order valence-electron chi connectivity index (χ0n) is 10.0. The molecule has 0 amide bonds. The maximum atomic E-state index is 5.73. The van der Waals surface area contributed by atoms with Crippen molar-refractivity contribution in [1.82, 2.24) is 4.98 Å². The zero-order valence-corrected chi connectivity index (χ0v) is 10.0. The van der Waals surface area contributed by atoms with Crippen LogP contribution in [0.4, 0.5) is 17.2 Å². The summed E-state index contributed by atoms with van der Waals surface area (Å²) in [5, 5.41) is 0. The lowest BCUT2D eigenvalue weighted by Gasteiger charge is -2.22. The Hall–Kier alpha value is -2.23. The number of nitrogen functional groups attached to an aromatic ring is 1. The highest BCUT2D eigenvalue weighted by Gasteiger charge is 2.17. The second-order valence-electron chi connectivity index (χ2n) is 4.27. The second-order valence-corrected chi connectivity index (χ2v) is 4.27. The topological polar surface area (TPSA) is 51.4 Å². The normalized spacial score (nSPS) is 14.6. The van der Waals surface area contributed by atoms with Gasteiger partial charge < -0.3 is 15.4 Å². The van der Waals surface area contributed by atoms with Gasteiger partial charge in [0.15, 0.2) is 0 Å². The highest BCUT2D eigenvalue weighted by atomic mass is 16.5. The molecular formula is C14H15N3O. The number of hydrogen-bond acceptors (Lipinski definition) is 4. The molecule has 0 spiro atoms. The van der Waals surface area contributed by atoms with Gasteiger partial charge >= 0.3 is 0 Å². The Labute approximate surface area is 106 Å². The van der Waals surface area contributed by atoms with Crippen molar-refractivity contribution in [2.45, 2.75) is 6.42 Å². The molecule has 0 unspecified atom stereocenters. The maximum Gasteiger partial charge on any atom is 0.142 e. The minimum absolute atomic E-state index is 0.679. The summed E-state index contributed by atoms with van der Waals surface area (Å²) >= 11 is 0. The van der Waals surface area contributed by atoms with Crippen molar-refractivity contribution in [3.05, 3.63) is 42.6 Å². The van der Waals surface area contributed by atoms with Gasteiger partial charge in [0.05, 0.1) is 24.2 Å². The molecule has 0 saturated carbocycles. The van der Waals surface area contributed by atoms with Gasteiger partial charge in [-0.3, -0.25) is 0 Å². The first-order valence-electron chi connectivity index (χ1n) is 6.05. The summed E-state index contributed by atoms with van der Waals surface area (Å²) in [6.07, 6.45) is 2.66. The molecule has 2 heterocycles. The van der Waals surface area contributed by atoms with Crippen LogP contribution in [0.2, 0.25) is 0 Å². The SMILES string of the molecule is Nc1ccc(N2CCCOc3ccccc32)nc1. The fraction of sp³-hybridized carbons (Fsp3) is 0.214. The van der Waals surface area contributed by atoms with Crippen LogP contribution in [0.1, 0.15) is 6.42 Å². The number of para-hydroxylation sites is 2. The van der Waals surface area contributed by atoms with E-state index in [-0.39, 0.29) is 0 Å². The summed E-state index contributed by atoms with van der Waals surface area (Å²) in [4.78, 5) is 6.56. The molecule has 2 N–H and O–H groups in total. The van der Waals surface area contributed by atoms with E-state index >= 15 is 0 Å². The third-order valence-corrected chi connectivity index (χ3v) is 2.99. The molecular weight excluding hydrogens is 226 g/mol. The van der Waals surface area contributed by atoms with Crippen molar-refractivity contribution < 1.29 is 4.74 Å². The number of benzene rings is 1. The molecule has 1 aliphatic heterocycles. The summed E-state index contributed by atoms with van der Waals surface area (Å²) in [6.45, 7) is 1.64. The maximum absolute atomic E-state index is 5.73. The number of nitrogens with two attached hydrogens (primary N) is 1. The lowest BCUT2D eigenvalue weighted by molar-refractivity contribution is 0.322. The molecule has 0 fully saturated rings. The van der Waals surface area contributed by atoms with Gasteiger partial charge in [-0.05, 0) is 30.7 Å². The van der Waals surface area contributed by atoms with Crippen molar-refractivity contribution >= 4 is 17.2 Å². The fourth-order valence-electron chi connectivity index (χ4n) is 2.12. The first-order valence-corrected chi connectivity index (χ1v) is 6.05. The van der Waals surface area contributed by atoms with E-state index in [4.69, 9.17) is 10.5 Å². The zero-order chi connectivity index (χ0) is 12.4. The molecule has 0 aliphatic carbocycles. The Balaban J connectivity index is 2.03. The van der Waals surface area contributed by atoms with E-state index < -0.39 is 0 Å². The van der Waals surface area contributed by atoms with Gasteiger partial charge in [-0.15, -0.1) is 0 Å². The predicted octanol–water partition coefficient (Wildman–Crippen LogP) is 2.58. The number of aromatic nitrogens is 1. The second kappa shape index (κ2) is 4.56. The van der Waals surface area contributed by atoms with E-state index in [2.05, 4.69) is 16.0 Å². The van der Waals surface area contributed by atoms with Crippen LogP contribution in [0, 0.1) is 0 Å². The van der Waals surface area contributed by atoms with Crippen molar-refractivity contribution in [3.8, 4) is 5.75 Å². The van der Waals surface area contributed by atoms with Gasteiger partial charge in [-0.2, -0.15) is 0 Å².